The molecule has 0 radical (unpaired) electrons. The van der Waals surface area contributed by atoms with Gasteiger partial charge in [-0.25, -0.2) is 8.42 Å². The van der Waals surface area contributed by atoms with Gasteiger partial charge >= 0.3 is 0 Å². The molecule has 0 aliphatic rings. The van der Waals surface area contributed by atoms with Crippen LogP contribution in [0.15, 0.2) is 99.2 Å². The average molecular weight is 513 g/mol. The van der Waals surface area contributed by atoms with Gasteiger partial charge in [0, 0.05) is 16.6 Å². The second-order valence-corrected chi connectivity index (χ2v) is 10.6. The lowest BCUT2D eigenvalue weighted by Gasteiger charge is -2.21. The Kier molecular flexibility index (Phi) is 7.54. The minimum Gasteiger partial charge on any atom is -0.459 e. The van der Waals surface area contributed by atoms with E-state index in [1.165, 1.54) is 4.31 Å². The Morgan fingerprint density at radius 3 is 2.24 bits per heavy atom. The molecular formula is C26H22Cl2N2O3S. The summed E-state index contributed by atoms with van der Waals surface area (Å²) in [5.41, 5.74) is 2.46. The van der Waals surface area contributed by atoms with E-state index in [9.17, 15) is 8.42 Å². The fourth-order valence-electron chi connectivity index (χ4n) is 3.35. The molecule has 4 rings (SSSR count). The van der Waals surface area contributed by atoms with Crippen LogP contribution in [-0.2, 0) is 23.1 Å². The summed E-state index contributed by atoms with van der Waals surface area (Å²) in [5.74, 6) is 0.982. The van der Waals surface area contributed by atoms with Crippen molar-refractivity contribution in [1.82, 2.24) is 4.31 Å². The maximum atomic E-state index is 13.5. The first-order valence-electron chi connectivity index (χ1n) is 10.5. The topological polar surface area (TPSA) is 62.9 Å². The predicted octanol–water partition coefficient (Wildman–Crippen LogP) is 7.04. The van der Waals surface area contributed by atoms with Gasteiger partial charge in [-0.1, -0.05) is 71.2 Å². The maximum absolute atomic E-state index is 13.5. The minimum atomic E-state index is -3.76. The fraction of sp³-hybridized carbons (Fsp3) is 0.115. The first kappa shape index (κ1) is 24.2. The van der Waals surface area contributed by atoms with Crippen molar-refractivity contribution in [2.24, 2.45) is 4.99 Å². The number of hydrogen-bond donors (Lipinski definition) is 0. The SMILES string of the molecule is Cc1ccc(S(=O)(=O)N(Cc2ccccc2)Cc2ccc(C=Nc3cc(Cl)cc(Cl)c3)o2)cc1. The van der Waals surface area contributed by atoms with Crippen LogP contribution in [0.2, 0.25) is 10.0 Å². The lowest BCUT2D eigenvalue weighted by Crippen LogP contribution is -2.30. The largest absolute Gasteiger partial charge is 0.459 e. The Morgan fingerprint density at radius 2 is 1.56 bits per heavy atom. The van der Waals surface area contributed by atoms with Crippen LogP contribution in [0.25, 0.3) is 0 Å². The highest BCUT2D eigenvalue weighted by Gasteiger charge is 2.26. The van der Waals surface area contributed by atoms with Crippen molar-refractivity contribution in [3.63, 3.8) is 0 Å². The van der Waals surface area contributed by atoms with Crippen molar-refractivity contribution in [2.45, 2.75) is 24.9 Å². The summed E-state index contributed by atoms with van der Waals surface area (Å²) < 4.78 is 34.2. The predicted molar refractivity (Wildman–Crippen MR) is 136 cm³/mol. The van der Waals surface area contributed by atoms with Crippen LogP contribution >= 0.6 is 23.2 Å². The second-order valence-electron chi connectivity index (χ2n) is 7.76. The summed E-state index contributed by atoms with van der Waals surface area (Å²) in [5, 5.41) is 0.968. The van der Waals surface area contributed by atoms with Gasteiger partial charge in [-0.2, -0.15) is 4.31 Å². The highest BCUT2D eigenvalue weighted by molar-refractivity contribution is 7.89. The number of halogens is 2. The number of rotatable bonds is 8. The normalized spacial score (nSPS) is 12.0. The van der Waals surface area contributed by atoms with E-state index in [4.69, 9.17) is 27.6 Å². The molecule has 0 saturated heterocycles. The molecule has 174 valence electrons. The van der Waals surface area contributed by atoms with E-state index < -0.39 is 10.0 Å². The van der Waals surface area contributed by atoms with Gasteiger partial charge in [0.1, 0.15) is 11.5 Å². The molecule has 5 nitrogen and oxygen atoms in total. The number of aliphatic imine (C=N–C) groups is 1. The molecule has 0 N–H and O–H groups in total. The van der Waals surface area contributed by atoms with Gasteiger partial charge in [-0.3, -0.25) is 4.99 Å². The quantitative estimate of drug-likeness (QED) is 0.238. The molecular weight excluding hydrogens is 491 g/mol. The third-order valence-electron chi connectivity index (χ3n) is 5.06. The summed E-state index contributed by atoms with van der Waals surface area (Å²) in [6.45, 7) is 2.20. The van der Waals surface area contributed by atoms with Crippen LogP contribution in [0.1, 0.15) is 22.6 Å². The van der Waals surface area contributed by atoms with E-state index in [0.29, 0.717) is 27.3 Å². The first-order valence-corrected chi connectivity index (χ1v) is 12.7. The van der Waals surface area contributed by atoms with Gasteiger partial charge in [0.2, 0.25) is 10.0 Å². The summed E-state index contributed by atoms with van der Waals surface area (Å²) >= 11 is 12.0. The molecule has 3 aromatic carbocycles. The first-order chi connectivity index (χ1) is 16.3. The Morgan fingerprint density at radius 1 is 0.882 bits per heavy atom. The van der Waals surface area contributed by atoms with Gasteiger partial charge in [0.25, 0.3) is 0 Å². The van der Waals surface area contributed by atoms with Crippen molar-refractivity contribution < 1.29 is 12.8 Å². The zero-order valence-electron chi connectivity index (χ0n) is 18.4. The highest BCUT2D eigenvalue weighted by atomic mass is 35.5. The van der Waals surface area contributed by atoms with Crippen LogP contribution in [0, 0.1) is 6.92 Å². The zero-order valence-corrected chi connectivity index (χ0v) is 20.7. The van der Waals surface area contributed by atoms with E-state index in [2.05, 4.69) is 4.99 Å². The van der Waals surface area contributed by atoms with Gasteiger partial charge in [-0.05, 0) is 55.0 Å². The lowest BCUT2D eigenvalue weighted by atomic mass is 10.2. The van der Waals surface area contributed by atoms with Gasteiger partial charge in [-0.15, -0.1) is 0 Å². The highest BCUT2D eigenvalue weighted by Crippen LogP contribution is 2.25. The third kappa shape index (κ3) is 6.15. The molecule has 0 aliphatic carbocycles. The third-order valence-corrected chi connectivity index (χ3v) is 7.31. The maximum Gasteiger partial charge on any atom is 0.243 e. The van der Waals surface area contributed by atoms with E-state index in [-0.39, 0.29) is 18.0 Å². The molecule has 34 heavy (non-hydrogen) atoms. The summed E-state index contributed by atoms with van der Waals surface area (Å²) in [6.07, 6.45) is 1.54. The van der Waals surface area contributed by atoms with Gasteiger partial charge in [0.05, 0.1) is 23.3 Å². The van der Waals surface area contributed by atoms with Crippen LogP contribution in [-0.4, -0.2) is 18.9 Å². The molecule has 0 saturated carbocycles. The number of sulfonamides is 1. The molecule has 0 unspecified atom stereocenters. The Hall–Kier alpha value is -2.90. The second kappa shape index (κ2) is 10.6. The molecule has 0 bridgehead atoms. The Labute approximate surface area is 209 Å². The molecule has 1 heterocycles. The molecule has 4 aromatic rings. The van der Waals surface area contributed by atoms with Crippen molar-refractivity contribution in [1.29, 1.82) is 0 Å². The molecule has 0 aliphatic heterocycles. The molecule has 0 fully saturated rings. The molecule has 0 spiro atoms. The van der Waals surface area contributed by atoms with Crippen molar-refractivity contribution in [3.05, 3.63) is 118 Å². The average Bonchev–Trinajstić information content (AvgIpc) is 3.25. The lowest BCUT2D eigenvalue weighted by molar-refractivity contribution is 0.357. The fourth-order valence-corrected chi connectivity index (χ4v) is 5.26. The molecule has 1 aromatic heterocycles. The van der Waals surface area contributed by atoms with E-state index >= 15 is 0 Å². The van der Waals surface area contributed by atoms with Crippen molar-refractivity contribution in [2.75, 3.05) is 0 Å². The van der Waals surface area contributed by atoms with Gasteiger partial charge in [0.15, 0.2) is 0 Å². The van der Waals surface area contributed by atoms with Gasteiger partial charge < -0.3 is 4.42 Å². The molecule has 0 amide bonds. The van der Waals surface area contributed by atoms with Crippen LogP contribution in [0.3, 0.4) is 0 Å². The van der Waals surface area contributed by atoms with Crippen LogP contribution in [0.4, 0.5) is 5.69 Å². The Bertz CT molecular complexity index is 1380. The number of benzene rings is 3. The zero-order chi connectivity index (χ0) is 24.1. The molecule has 0 atom stereocenters. The van der Waals surface area contributed by atoms with Crippen LogP contribution in [0.5, 0.6) is 0 Å². The summed E-state index contributed by atoms with van der Waals surface area (Å²) in [4.78, 5) is 4.58. The standard InChI is InChI=1S/C26H22Cl2N2O3S/c1-19-7-11-26(12-8-19)34(31,32)30(17-20-5-3-2-4-6-20)18-25-10-9-24(33-25)16-29-23-14-21(27)13-22(28)15-23/h2-16H,17-18H2,1H3. The van der Waals surface area contributed by atoms with Crippen molar-refractivity contribution in [3.8, 4) is 0 Å². The number of hydrogen-bond acceptors (Lipinski definition) is 4. The minimum absolute atomic E-state index is 0.0714. The number of nitrogens with zero attached hydrogens (tertiary/aromatic N) is 2. The number of aryl methyl sites for hydroxylation is 1. The van der Waals surface area contributed by atoms with E-state index in [1.807, 2.05) is 37.3 Å². The molecule has 8 heteroatoms. The van der Waals surface area contributed by atoms with Crippen LogP contribution < -0.4 is 0 Å². The monoisotopic (exact) mass is 512 g/mol. The van der Waals surface area contributed by atoms with E-state index in [1.54, 1.807) is 60.8 Å². The summed E-state index contributed by atoms with van der Waals surface area (Å²) in [7, 11) is -3.76. The van der Waals surface area contributed by atoms with Crippen molar-refractivity contribution >= 4 is 45.1 Å². The Balaban J connectivity index is 1.58. The summed E-state index contributed by atoms with van der Waals surface area (Å²) in [6, 6.07) is 24.8. The van der Waals surface area contributed by atoms with E-state index in [0.717, 1.165) is 11.1 Å². The number of furan rings is 1. The smallest absolute Gasteiger partial charge is 0.243 e.